The zero-order chi connectivity index (χ0) is 12.3. The van der Waals surface area contributed by atoms with E-state index >= 15 is 0 Å². The average Bonchev–Trinajstić information content (AvgIpc) is 2.29. The summed E-state index contributed by atoms with van der Waals surface area (Å²) in [7, 11) is 0. The van der Waals surface area contributed by atoms with Crippen LogP contribution in [-0.4, -0.2) is 18.8 Å². The van der Waals surface area contributed by atoms with Crippen LogP contribution in [-0.2, 0) is 11.3 Å². The molecule has 0 unspecified atom stereocenters. The standard InChI is InChI=1S/C13H17ClFNO/c1-13(5-7-17-8-6-13)16-9-10-11(14)3-2-4-12(10)15/h2-4,16H,5-9H2,1H3. The van der Waals surface area contributed by atoms with E-state index < -0.39 is 0 Å². The second kappa shape index (κ2) is 5.34. The van der Waals surface area contributed by atoms with Crippen LogP contribution in [0.5, 0.6) is 0 Å². The molecule has 0 saturated carbocycles. The van der Waals surface area contributed by atoms with Crippen molar-refractivity contribution in [3.05, 3.63) is 34.6 Å². The predicted octanol–water partition coefficient (Wildman–Crippen LogP) is 3.14. The van der Waals surface area contributed by atoms with Crippen molar-refractivity contribution in [2.75, 3.05) is 13.2 Å². The highest BCUT2D eigenvalue weighted by Gasteiger charge is 2.26. The van der Waals surface area contributed by atoms with Crippen LogP contribution in [0.2, 0.25) is 5.02 Å². The number of halogens is 2. The molecule has 0 bridgehead atoms. The van der Waals surface area contributed by atoms with Gasteiger partial charge in [0.2, 0.25) is 0 Å². The minimum Gasteiger partial charge on any atom is -0.381 e. The Morgan fingerprint density at radius 2 is 2.12 bits per heavy atom. The number of hydrogen-bond donors (Lipinski definition) is 1. The van der Waals surface area contributed by atoms with Crippen LogP contribution < -0.4 is 5.32 Å². The van der Waals surface area contributed by atoms with Gasteiger partial charge < -0.3 is 10.1 Å². The Balaban J connectivity index is 2.02. The van der Waals surface area contributed by atoms with Gasteiger partial charge in [0.25, 0.3) is 0 Å². The summed E-state index contributed by atoms with van der Waals surface area (Å²) >= 11 is 5.99. The first-order valence-electron chi connectivity index (χ1n) is 5.86. The van der Waals surface area contributed by atoms with Gasteiger partial charge in [-0.15, -0.1) is 0 Å². The van der Waals surface area contributed by atoms with E-state index in [2.05, 4.69) is 12.2 Å². The van der Waals surface area contributed by atoms with E-state index in [0.717, 1.165) is 26.1 Å². The first-order valence-corrected chi connectivity index (χ1v) is 6.24. The summed E-state index contributed by atoms with van der Waals surface area (Å²) in [5.41, 5.74) is 0.561. The summed E-state index contributed by atoms with van der Waals surface area (Å²) in [6, 6.07) is 4.78. The normalized spacial score (nSPS) is 19.2. The van der Waals surface area contributed by atoms with Crippen LogP contribution in [0.3, 0.4) is 0 Å². The molecule has 0 radical (unpaired) electrons. The second-order valence-electron chi connectivity index (χ2n) is 4.73. The van der Waals surface area contributed by atoms with Crippen molar-refractivity contribution in [2.24, 2.45) is 0 Å². The molecule has 1 heterocycles. The minimum atomic E-state index is -0.249. The van der Waals surface area contributed by atoms with Gasteiger partial charge in [-0.3, -0.25) is 0 Å². The van der Waals surface area contributed by atoms with Crippen LogP contribution in [0.15, 0.2) is 18.2 Å². The monoisotopic (exact) mass is 257 g/mol. The summed E-state index contributed by atoms with van der Waals surface area (Å²) in [4.78, 5) is 0. The molecule has 1 aliphatic heterocycles. The van der Waals surface area contributed by atoms with Gasteiger partial charge in [-0.25, -0.2) is 4.39 Å². The highest BCUT2D eigenvalue weighted by atomic mass is 35.5. The molecule has 1 aromatic rings. The van der Waals surface area contributed by atoms with E-state index in [1.807, 2.05) is 0 Å². The highest BCUT2D eigenvalue weighted by Crippen LogP contribution is 2.23. The first-order chi connectivity index (χ1) is 8.11. The van der Waals surface area contributed by atoms with Crippen LogP contribution in [0.25, 0.3) is 0 Å². The number of rotatable bonds is 3. The average molecular weight is 258 g/mol. The molecule has 2 rings (SSSR count). The van der Waals surface area contributed by atoms with Crippen molar-refractivity contribution in [1.82, 2.24) is 5.32 Å². The van der Waals surface area contributed by atoms with E-state index in [9.17, 15) is 4.39 Å². The summed E-state index contributed by atoms with van der Waals surface area (Å²) in [6.45, 7) is 4.12. The van der Waals surface area contributed by atoms with E-state index in [-0.39, 0.29) is 11.4 Å². The van der Waals surface area contributed by atoms with Crippen molar-refractivity contribution < 1.29 is 9.13 Å². The molecule has 1 aliphatic rings. The van der Waals surface area contributed by atoms with Gasteiger partial charge in [-0.2, -0.15) is 0 Å². The third-order valence-electron chi connectivity index (χ3n) is 3.35. The third kappa shape index (κ3) is 3.18. The summed E-state index contributed by atoms with van der Waals surface area (Å²) in [5.74, 6) is -0.249. The number of ether oxygens (including phenoxy) is 1. The van der Waals surface area contributed by atoms with Gasteiger partial charge >= 0.3 is 0 Å². The lowest BCUT2D eigenvalue weighted by Crippen LogP contribution is -2.46. The lowest BCUT2D eigenvalue weighted by Gasteiger charge is -2.34. The maximum atomic E-state index is 13.6. The Kier molecular flexibility index (Phi) is 4.02. The zero-order valence-electron chi connectivity index (χ0n) is 9.93. The molecular weight excluding hydrogens is 241 g/mol. The van der Waals surface area contributed by atoms with E-state index in [0.29, 0.717) is 17.1 Å². The largest absolute Gasteiger partial charge is 0.381 e. The Labute approximate surface area is 106 Å². The van der Waals surface area contributed by atoms with Crippen molar-refractivity contribution >= 4 is 11.6 Å². The fraction of sp³-hybridized carbons (Fsp3) is 0.538. The predicted molar refractivity (Wildman–Crippen MR) is 66.7 cm³/mol. The van der Waals surface area contributed by atoms with E-state index in [1.165, 1.54) is 6.07 Å². The van der Waals surface area contributed by atoms with Crippen molar-refractivity contribution in [3.8, 4) is 0 Å². The Bertz CT molecular complexity index is 371. The van der Waals surface area contributed by atoms with Gasteiger partial charge in [0.05, 0.1) is 0 Å². The third-order valence-corrected chi connectivity index (χ3v) is 3.70. The fourth-order valence-corrected chi connectivity index (χ4v) is 2.23. The first kappa shape index (κ1) is 12.8. The number of hydrogen-bond acceptors (Lipinski definition) is 2. The van der Waals surface area contributed by atoms with Gasteiger partial charge in [0.1, 0.15) is 5.82 Å². The number of benzene rings is 1. The molecule has 94 valence electrons. The molecule has 0 atom stereocenters. The van der Waals surface area contributed by atoms with Crippen LogP contribution in [0.1, 0.15) is 25.3 Å². The lowest BCUT2D eigenvalue weighted by molar-refractivity contribution is 0.0445. The molecule has 0 aromatic heterocycles. The van der Waals surface area contributed by atoms with Gasteiger partial charge in [0.15, 0.2) is 0 Å². The topological polar surface area (TPSA) is 21.3 Å². The van der Waals surface area contributed by atoms with Crippen molar-refractivity contribution in [2.45, 2.75) is 31.8 Å². The zero-order valence-corrected chi connectivity index (χ0v) is 10.7. The van der Waals surface area contributed by atoms with Crippen LogP contribution in [0.4, 0.5) is 4.39 Å². The summed E-state index contributed by atoms with van der Waals surface area (Å²) < 4.78 is 18.9. The summed E-state index contributed by atoms with van der Waals surface area (Å²) in [6.07, 6.45) is 1.89. The molecule has 1 saturated heterocycles. The highest BCUT2D eigenvalue weighted by molar-refractivity contribution is 6.31. The maximum absolute atomic E-state index is 13.6. The Morgan fingerprint density at radius 1 is 1.41 bits per heavy atom. The molecule has 4 heteroatoms. The van der Waals surface area contributed by atoms with Gasteiger partial charge in [0, 0.05) is 35.9 Å². The molecule has 0 amide bonds. The quantitative estimate of drug-likeness (QED) is 0.898. The smallest absolute Gasteiger partial charge is 0.129 e. The molecule has 1 N–H and O–H groups in total. The molecule has 0 aliphatic carbocycles. The molecule has 1 aromatic carbocycles. The van der Waals surface area contributed by atoms with E-state index in [1.54, 1.807) is 12.1 Å². The number of nitrogens with one attached hydrogen (secondary N) is 1. The minimum absolute atomic E-state index is 0.0177. The molecule has 1 fully saturated rings. The SMILES string of the molecule is CC1(NCc2c(F)cccc2Cl)CCOCC1. The van der Waals surface area contributed by atoms with Crippen LogP contribution in [0, 0.1) is 5.82 Å². The Morgan fingerprint density at radius 3 is 2.76 bits per heavy atom. The molecule has 0 spiro atoms. The van der Waals surface area contributed by atoms with Crippen molar-refractivity contribution in [3.63, 3.8) is 0 Å². The van der Waals surface area contributed by atoms with Gasteiger partial charge in [-0.1, -0.05) is 17.7 Å². The summed E-state index contributed by atoms with van der Waals surface area (Å²) in [5, 5.41) is 3.87. The van der Waals surface area contributed by atoms with Gasteiger partial charge in [-0.05, 0) is 31.9 Å². The second-order valence-corrected chi connectivity index (χ2v) is 5.13. The molecular formula is C13H17ClFNO. The molecule has 17 heavy (non-hydrogen) atoms. The maximum Gasteiger partial charge on any atom is 0.129 e. The van der Waals surface area contributed by atoms with E-state index in [4.69, 9.17) is 16.3 Å². The lowest BCUT2D eigenvalue weighted by atomic mass is 9.92. The van der Waals surface area contributed by atoms with Crippen LogP contribution >= 0.6 is 11.6 Å². The molecule has 2 nitrogen and oxygen atoms in total. The Hall–Kier alpha value is -0.640. The van der Waals surface area contributed by atoms with Crippen molar-refractivity contribution in [1.29, 1.82) is 0 Å². The fourth-order valence-electron chi connectivity index (χ4n) is 2.00.